The predicted molar refractivity (Wildman–Crippen MR) is 77.4 cm³/mol. The van der Waals surface area contributed by atoms with Gasteiger partial charge < -0.3 is 10.6 Å². The first-order valence-electron chi connectivity index (χ1n) is 7.55. The molecule has 0 bridgehead atoms. The van der Waals surface area contributed by atoms with Crippen LogP contribution in [0, 0.1) is 5.92 Å². The summed E-state index contributed by atoms with van der Waals surface area (Å²) in [4.78, 5) is 12.3. The van der Waals surface area contributed by atoms with Crippen molar-refractivity contribution in [2.24, 2.45) is 5.92 Å². The van der Waals surface area contributed by atoms with Gasteiger partial charge >= 0.3 is 0 Å². The fourth-order valence-corrected chi connectivity index (χ4v) is 3.19. The Bertz CT molecular complexity index is 535. The summed E-state index contributed by atoms with van der Waals surface area (Å²) in [5.41, 5.74) is 3.22. The Morgan fingerprint density at radius 1 is 1.29 bits per heavy atom. The van der Waals surface area contributed by atoms with Crippen molar-refractivity contribution in [1.29, 1.82) is 0 Å². The molecule has 0 spiro atoms. The number of carbonyl (C=O) groups is 1. The molecule has 114 valence electrons. The lowest BCUT2D eigenvalue weighted by molar-refractivity contribution is -0.124. The highest BCUT2D eigenvalue weighted by atomic mass is 19.3. The van der Waals surface area contributed by atoms with Crippen LogP contribution >= 0.6 is 0 Å². The van der Waals surface area contributed by atoms with E-state index < -0.39 is 5.92 Å². The summed E-state index contributed by atoms with van der Waals surface area (Å²) in [5, 5.41) is 6.25. The zero-order chi connectivity index (χ0) is 14.9. The van der Waals surface area contributed by atoms with Gasteiger partial charge in [-0.25, -0.2) is 8.78 Å². The summed E-state index contributed by atoms with van der Waals surface area (Å²) in [7, 11) is 0. The Hall–Kier alpha value is -1.49. The van der Waals surface area contributed by atoms with Gasteiger partial charge in [0, 0.05) is 31.0 Å². The third kappa shape index (κ3) is 3.23. The van der Waals surface area contributed by atoms with Crippen LogP contribution in [0.25, 0.3) is 0 Å². The second kappa shape index (κ2) is 5.72. The minimum Gasteiger partial charge on any atom is -0.326 e. The maximum atomic E-state index is 13.2. The lowest BCUT2D eigenvalue weighted by Crippen LogP contribution is -2.32. The lowest BCUT2D eigenvalue weighted by Gasteiger charge is -2.28. The Kier molecular flexibility index (Phi) is 3.93. The molecule has 21 heavy (non-hydrogen) atoms. The molecular weight excluding hydrogens is 274 g/mol. The molecule has 1 aromatic rings. The van der Waals surface area contributed by atoms with Crippen molar-refractivity contribution in [3.05, 3.63) is 29.3 Å². The topological polar surface area (TPSA) is 41.1 Å². The Labute approximate surface area is 123 Å². The highest BCUT2D eigenvalue weighted by Crippen LogP contribution is 2.36. The average Bonchev–Trinajstić information content (AvgIpc) is 2.47. The van der Waals surface area contributed by atoms with Crippen LogP contribution in [0.2, 0.25) is 0 Å². The van der Waals surface area contributed by atoms with Crippen molar-refractivity contribution in [3.63, 3.8) is 0 Å². The molecule has 2 aliphatic rings. The van der Waals surface area contributed by atoms with E-state index in [-0.39, 0.29) is 37.5 Å². The van der Waals surface area contributed by atoms with Crippen LogP contribution in [-0.2, 0) is 17.8 Å². The van der Waals surface area contributed by atoms with Crippen molar-refractivity contribution in [2.75, 3.05) is 11.9 Å². The second-order valence-corrected chi connectivity index (χ2v) is 5.99. The van der Waals surface area contributed by atoms with Gasteiger partial charge in [0.1, 0.15) is 0 Å². The number of hydrogen-bond donors (Lipinski definition) is 2. The molecule has 5 heteroatoms. The predicted octanol–water partition coefficient (Wildman–Crippen LogP) is 3.10. The summed E-state index contributed by atoms with van der Waals surface area (Å²) in [6, 6.07) is 5.88. The molecule has 3 rings (SSSR count). The van der Waals surface area contributed by atoms with Gasteiger partial charge in [-0.15, -0.1) is 0 Å². The van der Waals surface area contributed by atoms with Crippen molar-refractivity contribution in [1.82, 2.24) is 5.32 Å². The molecule has 1 fully saturated rings. The van der Waals surface area contributed by atoms with Crippen molar-refractivity contribution < 1.29 is 13.6 Å². The molecule has 0 unspecified atom stereocenters. The van der Waals surface area contributed by atoms with Gasteiger partial charge in [0.2, 0.25) is 11.8 Å². The van der Waals surface area contributed by atoms with Gasteiger partial charge in [-0.1, -0.05) is 12.1 Å². The van der Waals surface area contributed by atoms with E-state index in [1.807, 2.05) is 12.1 Å². The minimum absolute atomic E-state index is 0.113. The summed E-state index contributed by atoms with van der Waals surface area (Å²) < 4.78 is 26.3. The average molecular weight is 294 g/mol. The summed E-state index contributed by atoms with van der Waals surface area (Å²) in [6.45, 7) is 1.71. The first kappa shape index (κ1) is 14.4. The molecule has 2 N–H and O–H groups in total. The van der Waals surface area contributed by atoms with E-state index >= 15 is 0 Å². The van der Waals surface area contributed by atoms with Crippen LogP contribution in [0.15, 0.2) is 18.2 Å². The maximum Gasteiger partial charge on any atom is 0.248 e. The largest absolute Gasteiger partial charge is 0.326 e. The minimum atomic E-state index is -2.59. The summed E-state index contributed by atoms with van der Waals surface area (Å²) >= 11 is 0. The van der Waals surface area contributed by atoms with E-state index in [2.05, 4.69) is 16.7 Å². The number of benzene rings is 1. The Morgan fingerprint density at radius 2 is 2.05 bits per heavy atom. The molecule has 1 aromatic carbocycles. The molecule has 1 heterocycles. The molecule has 0 saturated heterocycles. The summed E-state index contributed by atoms with van der Waals surface area (Å²) in [6.07, 6.45) is 1.07. The van der Waals surface area contributed by atoms with Crippen molar-refractivity contribution in [3.8, 4) is 0 Å². The smallest absolute Gasteiger partial charge is 0.248 e. The van der Waals surface area contributed by atoms with E-state index in [0.29, 0.717) is 0 Å². The van der Waals surface area contributed by atoms with Crippen LogP contribution in [0.5, 0.6) is 0 Å². The van der Waals surface area contributed by atoms with Gasteiger partial charge in [-0.2, -0.15) is 0 Å². The lowest BCUT2D eigenvalue weighted by atomic mass is 9.86. The first-order chi connectivity index (χ1) is 10.1. The van der Waals surface area contributed by atoms with Gasteiger partial charge in [-0.05, 0) is 43.0 Å². The standard InChI is InChI=1S/C16H20F2N2O/c17-16(18)7-4-11(5-8-16)15(21)20-14-3-1-2-12-10-19-9-6-13(12)14/h1-3,11,19H,4-10H2,(H,20,21). The number of rotatable bonds is 2. The number of fused-ring (bicyclic) bond motifs is 1. The zero-order valence-electron chi connectivity index (χ0n) is 11.9. The van der Waals surface area contributed by atoms with Crippen LogP contribution in [-0.4, -0.2) is 18.4 Å². The fraction of sp³-hybridized carbons (Fsp3) is 0.562. The molecule has 3 nitrogen and oxygen atoms in total. The van der Waals surface area contributed by atoms with Crippen LogP contribution < -0.4 is 10.6 Å². The SMILES string of the molecule is O=C(Nc1cccc2c1CCNC2)C1CCC(F)(F)CC1. The molecule has 0 radical (unpaired) electrons. The normalized spacial score (nSPS) is 21.6. The van der Waals surface area contributed by atoms with Crippen molar-refractivity contribution >= 4 is 11.6 Å². The van der Waals surface area contributed by atoms with Crippen LogP contribution in [0.1, 0.15) is 36.8 Å². The first-order valence-corrected chi connectivity index (χ1v) is 7.55. The number of hydrogen-bond acceptors (Lipinski definition) is 2. The highest BCUT2D eigenvalue weighted by molar-refractivity contribution is 5.93. The van der Waals surface area contributed by atoms with Gasteiger partial charge in [0.25, 0.3) is 0 Å². The van der Waals surface area contributed by atoms with E-state index in [9.17, 15) is 13.6 Å². The van der Waals surface area contributed by atoms with Gasteiger partial charge in [-0.3, -0.25) is 4.79 Å². The van der Waals surface area contributed by atoms with E-state index in [4.69, 9.17) is 0 Å². The number of alkyl halides is 2. The number of amides is 1. The van der Waals surface area contributed by atoms with E-state index in [1.165, 1.54) is 11.1 Å². The van der Waals surface area contributed by atoms with Crippen LogP contribution in [0.3, 0.4) is 0 Å². The van der Waals surface area contributed by atoms with Gasteiger partial charge in [0.05, 0.1) is 0 Å². The van der Waals surface area contributed by atoms with Crippen LogP contribution in [0.4, 0.5) is 14.5 Å². The maximum absolute atomic E-state index is 13.2. The molecule has 1 amide bonds. The molecule has 1 saturated carbocycles. The quantitative estimate of drug-likeness (QED) is 0.880. The molecule has 0 aromatic heterocycles. The third-order valence-corrected chi connectivity index (χ3v) is 4.49. The Balaban J connectivity index is 1.68. The highest BCUT2D eigenvalue weighted by Gasteiger charge is 2.37. The van der Waals surface area contributed by atoms with Gasteiger partial charge in [0.15, 0.2) is 0 Å². The fourth-order valence-electron chi connectivity index (χ4n) is 3.19. The zero-order valence-corrected chi connectivity index (χ0v) is 11.9. The van der Waals surface area contributed by atoms with Crippen molar-refractivity contribution in [2.45, 2.75) is 44.6 Å². The third-order valence-electron chi connectivity index (χ3n) is 4.49. The molecule has 1 aliphatic carbocycles. The summed E-state index contributed by atoms with van der Waals surface area (Å²) in [5.74, 6) is -2.99. The van der Waals surface area contributed by atoms with E-state index in [0.717, 1.165) is 25.2 Å². The van der Waals surface area contributed by atoms with E-state index in [1.54, 1.807) is 0 Å². The molecule has 0 atom stereocenters. The second-order valence-electron chi connectivity index (χ2n) is 5.99. The molecule has 1 aliphatic heterocycles. The number of carbonyl (C=O) groups excluding carboxylic acids is 1. The monoisotopic (exact) mass is 294 g/mol. The molecular formula is C16H20F2N2O. The number of anilines is 1. The Morgan fingerprint density at radius 3 is 2.81 bits per heavy atom. The number of halogens is 2. The number of nitrogens with one attached hydrogen (secondary N) is 2.